The standard InChI is InChI=1S/C13H23N3O2/c1-10-8-11(16(4)15-10)12(18)14-7-5-6-13(2,3)9-17/h8,17H,5-7,9H2,1-4H3,(H,14,18). The van der Waals surface area contributed by atoms with Crippen molar-refractivity contribution in [2.45, 2.75) is 33.6 Å². The Kier molecular flexibility index (Phi) is 4.90. The van der Waals surface area contributed by atoms with Gasteiger partial charge in [-0.3, -0.25) is 9.48 Å². The largest absolute Gasteiger partial charge is 0.396 e. The molecule has 0 bridgehead atoms. The fraction of sp³-hybridized carbons (Fsp3) is 0.692. The van der Waals surface area contributed by atoms with Crippen LogP contribution in [0.3, 0.4) is 0 Å². The second kappa shape index (κ2) is 6.00. The third-order valence-corrected chi connectivity index (χ3v) is 2.98. The van der Waals surface area contributed by atoms with Gasteiger partial charge in [-0.1, -0.05) is 13.8 Å². The van der Waals surface area contributed by atoms with Gasteiger partial charge in [0.1, 0.15) is 5.69 Å². The lowest BCUT2D eigenvalue weighted by Crippen LogP contribution is -2.28. The van der Waals surface area contributed by atoms with E-state index in [9.17, 15) is 4.79 Å². The Morgan fingerprint density at radius 1 is 1.56 bits per heavy atom. The summed E-state index contributed by atoms with van der Waals surface area (Å²) in [5, 5.41) is 16.1. The second-order valence-corrected chi connectivity index (χ2v) is 5.48. The van der Waals surface area contributed by atoms with Gasteiger partial charge in [-0.2, -0.15) is 5.10 Å². The number of nitrogens with zero attached hydrogens (tertiary/aromatic N) is 2. The van der Waals surface area contributed by atoms with Crippen LogP contribution >= 0.6 is 0 Å². The van der Waals surface area contributed by atoms with E-state index in [-0.39, 0.29) is 17.9 Å². The lowest BCUT2D eigenvalue weighted by molar-refractivity contribution is 0.0939. The molecule has 0 aliphatic rings. The summed E-state index contributed by atoms with van der Waals surface area (Å²) >= 11 is 0. The molecule has 0 aliphatic heterocycles. The third-order valence-electron chi connectivity index (χ3n) is 2.98. The molecule has 18 heavy (non-hydrogen) atoms. The van der Waals surface area contributed by atoms with Crippen LogP contribution in [0.15, 0.2) is 6.07 Å². The molecule has 1 heterocycles. The first-order valence-electron chi connectivity index (χ1n) is 6.25. The molecule has 0 saturated heterocycles. The molecule has 0 unspecified atom stereocenters. The predicted molar refractivity (Wildman–Crippen MR) is 70.4 cm³/mol. The van der Waals surface area contributed by atoms with Crippen molar-refractivity contribution in [1.29, 1.82) is 0 Å². The highest BCUT2D eigenvalue weighted by molar-refractivity contribution is 5.92. The van der Waals surface area contributed by atoms with Crippen LogP contribution in [0.25, 0.3) is 0 Å². The summed E-state index contributed by atoms with van der Waals surface area (Å²) in [5.74, 6) is -0.0973. The number of rotatable bonds is 6. The SMILES string of the molecule is Cc1cc(C(=O)NCCCC(C)(C)CO)n(C)n1. The van der Waals surface area contributed by atoms with Crippen molar-refractivity contribution >= 4 is 5.91 Å². The van der Waals surface area contributed by atoms with Crippen molar-refractivity contribution in [3.63, 3.8) is 0 Å². The van der Waals surface area contributed by atoms with Crippen molar-refractivity contribution in [2.24, 2.45) is 12.5 Å². The lowest BCUT2D eigenvalue weighted by atomic mass is 9.89. The molecule has 1 rings (SSSR count). The molecular formula is C13H23N3O2. The van der Waals surface area contributed by atoms with Crippen LogP contribution in [0.1, 0.15) is 42.9 Å². The normalized spacial score (nSPS) is 11.6. The summed E-state index contributed by atoms with van der Waals surface area (Å²) in [6, 6.07) is 1.77. The van der Waals surface area contributed by atoms with Gasteiger partial charge in [0.05, 0.1) is 5.69 Å². The number of carbonyl (C=O) groups excluding carboxylic acids is 1. The molecule has 0 radical (unpaired) electrons. The first-order valence-corrected chi connectivity index (χ1v) is 6.25. The fourth-order valence-electron chi connectivity index (χ4n) is 1.76. The highest BCUT2D eigenvalue weighted by Crippen LogP contribution is 2.20. The molecule has 5 nitrogen and oxygen atoms in total. The van der Waals surface area contributed by atoms with E-state index in [0.717, 1.165) is 18.5 Å². The fourth-order valence-corrected chi connectivity index (χ4v) is 1.76. The monoisotopic (exact) mass is 253 g/mol. The van der Waals surface area contributed by atoms with Crippen molar-refractivity contribution < 1.29 is 9.90 Å². The molecule has 0 aromatic carbocycles. The van der Waals surface area contributed by atoms with Crippen LogP contribution < -0.4 is 5.32 Å². The van der Waals surface area contributed by atoms with Gasteiger partial charge < -0.3 is 10.4 Å². The average Bonchev–Trinajstić information content (AvgIpc) is 2.64. The van der Waals surface area contributed by atoms with Crippen LogP contribution in [0, 0.1) is 12.3 Å². The smallest absolute Gasteiger partial charge is 0.269 e. The van der Waals surface area contributed by atoms with E-state index >= 15 is 0 Å². The summed E-state index contributed by atoms with van der Waals surface area (Å²) < 4.78 is 1.59. The lowest BCUT2D eigenvalue weighted by Gasteiger charge is -2.21. The number of carbonyl (C=O) groups is 1. The van der Waals surface area contributed by atoms with Gasteiger partial charge >= 0.3 is 0 Å². The molecule has 0 saturated carbocycles. The molecule has 102 valence electrons. The molecule has 0 fully saturated rings. The Morgan fingerprint density at radius 2 is 2.22 bits per heavy atom. The molecule has 2 N–H and O–H groups in total. The second-order valence-electron chi connectivity index (χ2n) is 5.48. The molecule has 1 aromatic rings. The molecule has 1 aromatic heterocycles. The molecular weight excluding hydrogens is 230 g/mol. The van der Waals surface area contributed by atoms with Gasteiger partial charge in [-0.25, -0.2) is 0 Å². The van der Waals surface area contributed by atoms with E-state index in [1.54, 1.807) is 17.8 Å². The van der Waals surface area contributed by atoms with Gasteiger partial charge in [0.2, 0.25) is 0 Å². The molecule has 5 heteroatoms. The zero-order chi connectivity index (χ0) is 13.8. The maximum Gasteiger partial charge on any atom is 0.269 e. The number of aliphatic hydroxyl groups excluding tert-OH is 1. The highest BCUT2D eigenvalue weighted by Gasteiger charge is 2.16. The van der Waals surface area contributed by atoms with Crippen molar-refractivity contribution in [3.05, 3.63) is 17.5 Å². The summed E-state index contributed by atoms with van der Waals surface area (Å²) in [6.07, 6.45) is 1.74. The quantitative estimate of drug-likeness (QED) is 0.750. The van der Waals surface area contributed by atoms with Gasteiger partial charge in [0.25, 0.3) is 5.91 Å². The summed E-state index contributed by atoms with van der Waals surface area (Å²) in [7, 11) is 1.76. The third kappa shape index (κ3) is 4.14. The minimum absolute atomic E-state index is 0.0756. The Balaban J connectivity index is 2.36. The number of aryl methyl sites for hydroxylation is 2. The van der Waals surface area contributed by atoms with Crippen molar-refractivity contribution in [1.82, 2.24) is 15.1 Å². The highest BCUT2D eigenvalue weighted by atomic mass is 16.3. The Hall–Kier alpha value is -1.36. The average molecular weight is 253 g/mol. The number of hydrogen-bond acceptors (Lipinski definition) is 3. The maximum atomic E-state index is 11.9. The number of nitrogens with one attached hydrogen (secondary N) is 1. The van der Waals surface area contributed by atoms with Crippen molar-refractivity contribution in [3.8, 4) is 0 Å². The molecule has 0 spiro atoms. The number of amides is 1. The minimum Gasteiger partial charge on any atom is -0.396 e. The van der Waals surface area contributed by atoms with Gasteiger partial charge in [-0.05, 0) is 31.2 Å². The number of hydrogen-bond donors (Lipinski definition) is 2. The predicted octanol–water partition coefficient (Wildman–Crippen LogP) is 1.26. The topological polar surface area (TPSA) is 67.2 Å². The van der Waals surface area contributed by atoms with Crippen LogP contribution in [-0.2, 0) is 7.05 Å². The molecule has 0 atom stereocenters. The number of aromatic nitrogens is 2. The van der Waals surface area contributed by atoms with E-state index in [1.165, 1.54) is 0 Å². The van der Waals surface area contributed by atoms with Crippen LogP contribution in [0.4, 0.5) is 0 Å². The maximum absolute atomic E-state index is 11.9. The minimum atomic E-state index is -0.0973. The molecule has 0 aliphatic carbocycles. The van der Waals surface area contributed by atoms with E-state index in [4.69, 9.17) is 5.11 Å². The van der Waals surface area contributed by atoms with Gasteiger partial charge in [0, 0.05) is 20.2 Å². The van der Waals surface area contributed by atoms with E-state index in [1.807, 2.05) is 20.8 Å². The Bertz CT molecular complexity index is 410. The van der Waals surface area contributed by atoms with Crippen LogP contribution in [-0.4, -0.2) is 33.9 Å². The van der Waals surface area contributed by atoms with Crippen molar-refractivity contribution in [2.75, 3.05) is 13.2 Å². The summed E-state index contributed by atoms with van der Waals surface area (Å²) in [4.78, 5) is 11.9. The first kappa shape index (κ1) is 14.7. The van der Waals surface area contributed by atoms with E-state index in [0.29, 0.717) is 12.2 Å². The summed E-state index contributed by atoms with van der Waals surface area (Å²) in [5.41, 5.74) is 1.34. The zero-order valence-corrected chi connectivity index (χ0v) is 11.7. The number of aliphatic hydroxyl groups is 1. The zero-order valence-electron chi connectivity index (χ0n) is 11.7. The van der Waals surface area contributed by atoms with Crippen LogP contribution in [0.2, 0.25) is 0 Å². The van der Waals surface area contributed by atoms with E-state index < -0.39 is 0 Å². The van der Waals surface area contributed by atoms with Crippen LogP contribution in [0.5, 0.6) is 0 Å². The summed E-state index contributed by atoms with van der Waals surface area (Å²) in [6.45, 7) is 6.67. The van der Waals surface area contributed by atoms with E-state index in [2.05, 4.69) is 10.4 Å². The van der Waals surface area contributed by atoms with Gasteiger partial charge in [0.15, 0.2) is 0 Å². The molecule has 1 amide bonds. The first-order chi connectivity index (χ1) is 8.35. The van der Waals surface area contributed by atoms with Gasteiger partial charge in [-0.15, -0.1) is 0 Å². The Labute approximate surface area is 108 Å². The Morgan fingerprint density at radius 3 is 2.72 bits per heavy atom.